The number of benzene rings is 2. The molecule has 2 nitrogen and oxygen atoms in total. The van der Waals surface area contributed by atoms with E-state index in [0.717, 1.165) is 25.1 Å². The highest BCUT2D eigenvalue weighted by molar-refractivity contribution is 6.00. The lowest BCUT2D eigenvalue weighted by molar-refractivity contribution is 0.0763. The maximum atomic E-state index is 13.0. The minimum Gasteiger partial charge on any atom is -0.292 e. The fourth-order valence-electron chi connectivity index (χ4n) is 3.46. The lowest BCUT2D eigenvalue weighted by Crippen LogP contribution is -2.43. The Morgan fingerprint density at radius 2 is 1.64 bits per heavy atom. The zero-order valence-corrected chi connectivity index (χ0v) is 13.3. The van der Waals surface area contributed by atoms with Crippen LogP contribution in [0.15, 0.2) is 60.7 Å². The summed E-state index contributed by atoms with van der Waals surface area (Å²) in [6.45, 7) is 6.24. The fraction of sp³-hybridized carbons (Fsp3) is 0.350. The van der Waals surface area contributed by atoms with E-state index in [1.54, 1.807) is 0 Å². The third-order valence-corrected chi connectivity index (χ3v) is 4.68. The highest BCUT2D eigenvalue weighted by Gasteiger charge is 2.44. The van der Waals surface area contributed by atoms with Crippen molar-refractivity contribution in [3.05, 3.63) is 71.8 Å². The number of hydrogen-bond acceptors (Lipinski definition) is 2. The number of carbonyl (C=O) groups excluding carboxylic acids is 1. The second-order valence-electron chi connectivity index (χ2n) is 6.83. The van der Waals surface area contributed by atoms with Gasteiger partial charge in [0.2, 0.25) is 0 Å². The van der Waals surface area contributed by atoms with Gasteiger partial charge in [-0.25, -0.2) is 0 Å². The number of carbonyl (C=O) groups is 1. The van der Waals surface area contributed by atoms with E-state index >= 15 is 0 Å². The van der Waals surface area contributed by atoms with Gasteiger partial charge in [-0.15, -0.1) is 0 Å². The van der Waals surface area contributed by atoms with Gasteiger partial charge in [0.1, 0.15) is 0 Å². The van der Waals surface area contributed by atoms with Gasteiger partial charge >= 0.3 is 0 Å². The van der Waals surface area contributed by atoms with Crippen LogP contribution in [0.3, 0.4) is 0 Å². The maximum absolute atomic E-state index is 13.0. The summed E-state index contributed by atoms with van der Waals surface area (Å²) in [4.78, 5) is 15.4. The summed E-state index contributed by atoms with van der Waals surface area (Å²) < 4.78 is 0. The van der Waals surface area contributed by atoms with Crippen molar-refractivity contribution in [2.45, 2.75) is 32.9 Å². The largest absolute Gasteiger partial charge is 0.292 e. The molecular formula is C20H23NO. The first-order valence-corrected chi connectivity index (χ1v) is 7.95. The molecule has 0 spiro atoms. The highest BCUT2D eigenvalue weighted by atomic mass is 16.1. The first-order chi connectivity index (χ1) is 10.6. The number of likely N-dealkylation sites (tertiary alicyclic amines) is 1. The summed E-state index contributed by atoms with van der Waals surface area (Å²) in [5, 5.41) is 0. The van der Waals surface area contributed by atoms with Gasteiger partial charge in [0.15, 0.2) is 5.78 Å². The van der Waals surface area contributed by atoms with Gasteiger partial charge < -0.3 is 0 Å². The minimum absolute atomic E-state index is 0.0156. The van der Waals surface area contributed by atoms with Gasteiger partial charge in [-0.2, -0.15) is 0 Å². The standard InChI is InChI=1S/C20H23NO/c1-20(2)13-14-21(15-16-9-5-3-6-10-16)19(20)18(22)17-11-7-4-8-12-17/h3-12,19H,13-15H2,1-2H3. The third kappa shape index (κ3) is 2.97. The van der Waals surface area contributed by atoms with Crippen LogP contribution in [-0.4, -0.2) is 23.3 Å². The predicted octanol–water partition coefficient (Wildman–Crippen LogP) is 4.17. The van der Waals surface area contributed by atoms with Crippen LogP contribution >= 0.6 is 0 Å². The van der Waals surface area contributed by atoms with Crippen LogP contribution in [0.4, 0.5) is 0 Å². The Morgan fingerprint density at radius 3 is 2.27 bits per heavy atom. The summed E-state index contributed by atoms with van der Waals surface area (Å²) in [5.74, 6) is 0.249. The van der Waals surface area contributed by atoms with E-state index < -0.39 is 0 Å². The van der Waals surface area contributed by atoms with Crippen molar-refractivity contribution in [1.29, 1.82) is 0 Å². The van der Waals surface area contributed by atoms with Crippen LogP contribution in [0.1, 0.15) is 36.2 Å². The summed E-state index contributed by atoms with van der Waals surface area (Å²) in [5.41, 5.74) is 2.11. The van der Waals surface area contributed by atoms with Gasteiger partial charge in [0.05, 0.1) is 6.04 Å². The minimum atomic E-state index is -0.0462. The van der Waals surface area contributed by atoms with E-state index in [0.29, 0.717) is 0 Å². The Kier molecular flexibility index (Phi) is 4.12. The predicted molar refractivity (Wildman–Crippen MR) is 89.8 cm³/mol. The number of hydrogen-bond donors (Lipinski definition) is 0. The zero-order valence-electron chi connectivity index (χ0n) is 13.3. The molecule has 1 saturated heterocycles. The molecule has 2 aromatic carbocycles. The van der Waals surface area contributed by atoms with E-state index in [4.69, 9.17) is 0 Å². The molecule has 0 bridgehead atoms. The molecule has 2 aromatic rings. The molecule has 1 heterocycles. The molecule has 0 aliphatic carbocycles. The molecule has 1 aliphatic heterocycles. The van der Waals surface area contributed by atoms with Gasteiger partial charge in [-0.05, 0) is 23.9 Å². The van der Waals surface area contributed by atoms with E-state index in [2.05, 4.69) is 43.0 Å². The smallest absolute Gasteiger partial charge is 0.180 e. The van der Waals surface area contributed by atoms with Crippen molar-refractivity contribution in [3.8, 4) is 0 Å². The summed E-state index contributed by atoms with van der Waals surface area (Å²) in [7, 11) is 0. The normalized spacial score (nSPS) is 20.9. The molecule has 1 unspecified atom stereocenters. The number of ketones is 1. The second-order valence-corrected chi connectivity index (χ2v) is 6.83. The molecule has 0 radical (unpaired) electrons. The van der Waals surface area contributed by atoms with E-state index in [1.807, 2.05) is 36.4 Å². The maximum Gasteiger partial charge on any atom is 0.180 e. The average molecular weight is 293 g/mol. The van der Waals surface area contributed by atoms with Crippen molar-refractivity contribution < 1.29 is 4.79 Å². The average Bonchev–Trinajstić information content (AvgIpc) is 2.83. The summed E-state index contributed by atoms with van der Waals surface area (Å²) in [6, 6.07) is 20.1. The summed E-state index contributed by atoms with van der Waals surface area (Å²) >= 11 is 0. The van der Waals surface area contributed by atoms with Crippen molar-refractivity contribution in [2.24, 2.45) is 5.41 Å². The van der Waals surface area contributed by atoms with E-state index in [1.165, 1.54) is 5.56 Å². The molecule has 1 atom stereocenters. The van der Waals surface area contributed by atoms with Crippen molar-refractivity contribution >= 4 is 5.78 Å². The molecule has 114 valence electrons. The number of nitrogens with zero attached hydrogens (tertiary/aromatic N) is 1. The monoisotopic (exact) mass is 293 g/mol. The van der Waals surface area contributed by atoms with Crippen molar-refractivity contribution in [3.63, 3.8) is 0 Å². The Balaban J connectivity index is 1.86. The fourth-order valence-corrected chi connectivity index (χ4v) is 3.46. The lowest BCUT2D eigenvalue weighted by atomic mass is 9.81. The van der Waals surface area contributed by atoms with Crippen LogP contribution < -0.4 is 0 Å². The lowest BCUT2D eigenvalue weighted by Gasteiger charge is -2.31. The van der Waals surface area contributed by atoms with Gasteiger partial charge in [0.25, 0.3) is 0 Å². The van der Waals surface area contributed by atoms with Crippen LogP contribution in [-0.2, 0) is 6.54 Å². The SMILES string of the molecule is CC1(C)CCN(Cc2ccccc2)C1C(=O)c1ccccc1. The highest BCUT2D eigenvalue weighted by Crippen LogP contribution is 2.38. The Hall–Kier alpha value is -1.93. The number of Topliss-reactive ketones (excluding diaryl/α,β-unsaturated/α-hetero) is 1. The van der Waals surface area contributed by atoms with Crippen LogP contribution in [0.25, 0.3) is 0 Å². The van der Waals surface area contributed by atoms with Crippen LogP contribution in [0.2, 0.25) is 0 Å². The Bertz CT molecular complexity index is 633. The van der Waals surface area contributed by atoms with Gasteiger partial charge in [-0.1, -0.05) is 74.5 Å². The first kappa shape index (κ1) is 15.0. The Morgan fingerprint density at radius 1 is 1.05 bits per heavy atom. The molecule has 1 aliphatic rings. The quantitative estimate of drug-likeness (QED) is 0.789. The van der Waals surface area contributed by atoms with Crippen molar-refractivity contribution in [1.82, 2.24) is 4.90 Å². The van der Waals surface area contributed by atoms with Gasteiger partial charge in [0, 0.05) is 12.1 Å². The second kappa shape index (κ2) is 6.05. The molecule has 0 saturated carbocycles. The zero-order chi connectivity index (χ0) is 15.6. The molecule has 3 rings (SSSR count). The third-order valence-electron chi connectivity index (χ3n) is 4.68. The molecule has 0 aromatic heterocycles. The molecular weight excluding hydrogens is 270 g/mol. The summed E-state index contributed by atoms with van der Waals surface area (Å²) in [6.07, 6.45) is 1.06. The molecule has 22 heavy (non-hydrogen) atoms. The Labute approximate surface area is 132 Å². The topological polar surface area (TPSA) is 20.3 Å². The van der Waals surface area contributed by atoms with Gasteiger partial charge in [-0.3, -0.25) is 9.69 Å². The molecule has 2 heteroatoms. The van der Waals surface area contributed by atoms with E-state index in [-0.39, 0.29) is 17.2 Å². The first-order valence-electron chi connectivity index (χ1n) is 7.95. The number of rotatable bonds is 4. The van der Waals surface area contributed by atoms with Crippen molar-refractivity contribution in [2.75, 3.05) is 6.54 Å². The molecule has 1 fully saturated rings. The molecule has 0 amide bonds. The molecule has 0 N–H and O–H groups in total. The van der Waals surface area contributed by atoms with E-state index in [9.17, 15) is 4.79 Å². The van der Waals surface area contributed by atoms with Crippen LogP contribution in [0, 0.1) is 5.41 Å². The van der Waals surface area contributed by atoms with Crippen LogP contribution in [0.5, 0.6) is 0 Å².